The largest absolute Gasteiger partial charge is 0.457 e. The highest BCUT2D eigenvalue weighted by Crippen LogP contribution is 2.33. The van der Waals surface area contributed by atoms with Crippen molar-refractivity contribution >= 4 is 46.0 Å². The SMILES string of the molecule is CC1=C(C(=O)Nc2ccccc2)C(c2cccs2)n2c(s/c(=C\c3ccc(-c4ccc(C)c([N+](=O)[O-])c4)o3)c2=O)=N1. The van der Waals surface area contributed by atoms with E-state index in [2.05, 4.69) is 10.3 Å². The molecule has 41 heavy (non-hydrogen) atoms. The molecule has 1 amide bonds. The first kappa shape index (κ1) is 26.4. The number of amides is 1. The number of carbonyl (C=O) groups excluding carboxylic acids is 1. The van der Waals surface area contributed by atoms with Crippen molar-refractivity contribution in [1.29, 1.82) is 0 Å². The lowest BCUT2D eigenvalue weighted by Gasteiger charge is -2.24. The minimum Gasteiger partial charge on any atom is -0.457 e. The highest BCUT2D eigenvalue weighted by Gasteiger charge is 2.33. The number of nitrogens with zero attached hydrogens (tertiary/aromatic N) is 3. The molecule has 0 saturated heterocycles. The number of carbonyl (C=O) groups is 1. The number of thiazole rings is 1. The minimum atomic E-state index is -0.641. The van der Waals surface area contributed by atoms with Gasteiger partial charge in [-0.05, 0) is 49.6 Å². The molecule has 1 N–H and O–H groups in total. The third-order valence-electron chi connectivity index (χ3n) is 6.70. The lowest BCUT2D eigenvalue weighted by atomic mass is 10.0. The van der Waals surface area contributed by atoms with Gasteiger partial charge in [0.15, 0.2) is 4.80 Å². The molecule has 5 aromatic rings. The molecule has 0 spiro atoms. The van der Waals surface area contributed by atoms with E-state index in [-0.39, 0.29) is 17.2 Å². The fourth-order valence-electron chi connectivity index (χ4n) is 4.72. The van der Waals surface area contributed by atoms with Crippen LogP contribution in [-0.4, -0.2) is 15.4 Å². The molecule has 9 nitrogen and oxygen atoms in total. The summed E-state index contributed by atoms with van der Waals surface area (Å²) in [6.07, 6.45) is 1.63. The van der Waals surface area contributed by atoms with E-state index in [9.17, 15) is 19.7 Å². The molecule has 1 unspecified atom stereocenters. The number of para-hydroxylation sites is 1. The number of hydrogen-bond donors (Lipinski definition) is 1. The molecule has 0 radical (unpaired) electrons. The van der Waals surface area contributed by atoms with Gasteiger partial charge in [0.2, 0.25) is 0 Å². The zero-order chi connectivity index (χ0) is 28.7. The van der Waals surface area contributed by atoms with Gasteiger partial charge in [-0.1, -0.05) is 47.7 Å². The molecular formula is C30H22N4O5S2. The Balaban J connectivity index is 1.41. The molecule has 1 aliphatic heterocycles. The van der Waals surface area contributed by atoms with E-state index in [1.807, 2.05) is 35.7 Å². The number of fused-ring (bicyclic) bond motifs is 1. The first-order valence-corrected chi connectivity index (χ1v) is 14.3. The number of thiophene rings is 1. The van der Waals surface area contributed by atoms with E-state index in [1.165, 1.54) is 28.7 Å². The summed E-state index contributed by atoms with van der Waals surface area (Å²) >= 11 is 2.67. The molecule has 4 heterocycles. The second-order valence-corrected chi connectivity index (χ2v) is 11.4. The average Bonchev–Trinajstić information content (AvgIpc) is 3.71. The second kappa shape index (κ2) is 10.6. The van der Waals surface area contributed by atoms with Crippen LogP contribution in [0.4, 0.5) is 11.4 Å². The van der Waals surface area contributed by atoms with Crippen LogP contribution in [0.3, 0.4) is 0 Å². The molecule has 0 aliphatic carbocycles. The van der Waals surface area contributed by atoms with E-state index < -0.39 is 11.0 Å². The number of allylic oxidation sites excluding steroid dienone is 1. The fourth-order valence-corrected chi connectivity index (χ4v) is 6.57. The van der Waals surface area contributed by atoms with E-state index in [4.69, 9.17) is 4.42 Å². The molecule has 3 aromatic heterocycles. The van der Waals surface area contributed by atoms with Crippen molar-refractivity contribution in [1.82, 2.24) is 4.57 Å². The maximum Gasteiger partial charge on any atom is 0.273 e. The summed E-state index contributed by atoms with van der Waals surface area (Å²) in [7, 11) is 0. The maximum absolute atomic E-state index is 13.8. The van der Waals surface area contributed by atoms with Crippen LogP contribution in [-0.2, 0) is 4.79 Å². The minimum absolute atomic E-state index is 0.00446. The summed E-state index contributed by atoms with van der Waals surface area (Å²) in [5, 5.41) is 16.2. The number of nitro groups is 1. The van der Waals surface area contributed by atoms with Crippen LogP contribution in [0.2, 0.25) is 0 Å². The molecular weight excluding hydrogens is 560 g/mol. The monoisotopic (exact) mass is 582 g/mol. The molecule has 1 atom stereocenters. The number of rotatable bonds is 6. The number of anilines is 1. The first-order chi connectivity index (χ1) is 19.8. The first-order valence-electron chi connectivity index (χ1n) is 12.6. The third kappa shape index (κ3) is 4.96. The Hall–Kier alpha value is -4.87. The quantitative estimate of drug-likeness (QED) is 0.212. The van der Waals surface area contributed by atoms with Crippen LogP contribution in [0.25, 0.3) is 17.4 Å². The Morgan fingerprint density at radius 1 is 1.10 bits per heavy atom. The number of nitro benzene ring substituents is 1. The van der Waals surface area contributed by atoms with Crippen LogP contribution in [0.5, 0.6) is 0 Å². The van der Waals surface area contributed by atoms with Crippen LogP contribution >= 0.6 is 22.7 Å². The number of aromatic nitrogens is 1. The van der Waals surface area contributed by atoms with Crippen molar-refractivity contribution in [3.63, 3.8) is 0 Å². The zero-order valence-corrected chi connectivity index (χ0v) is 23.5. The Labute approximate surface area is 241 Å². The van der Waals surface area contributed by atoms with Gasteiger partial charge in [-0.3, -0.25) is 24.3 Å². The van der Waals surface area contributed by atoms with E-state index in [1.54, 1.807) is 60.9 Å². The molecule has 1 aliphatic rings. The molecule has 6 rings (SSSR count). The van der Waals surface area contributed by atoms with Crippen molar-refractivity contribution in [2.75, 3.05) is 5.32 Å². The lowest BCUT2D eigenvalue weighted by Crippen LogP contribution is -2.40. The van der Waals surface area contributed by atoms with Gasteiger partial charge in [-0.25, -0.2) is 4.99 Å². The van der Waals surface area contributed by atoms with Crippen molar-refractivity contribution in [2.24, 2.45) is 4.99 Å². The predicted molar refractivity (Wildman–Crippen MR) is 159 cm³/mol. The third-order valence-corrected chi connectivity index (χ3v) is 8.61. The Kier molecular flexibility index (Phi) is 6.82. The Morgan fingerprint density at radius 2 is 1.90 bits per heavy atom. The topological polar surface area (TPSA) is 120 Å². The van der Waals surface area contributed by atoms with Gasteiger partial charge >= 0.3 is 0 Å². The molecule has 204 valence electrons. The van der Waals surface area contributed by atoms with Gasteiger partial charge in [0.1, 0.15) is 17.6 Å². The lowest BCUT2D eigenvalue weighted by molar-refractivity contribution is -0.385. The van der Waals surface area contributed by atoms with Crippen LogP contribution in [0.1, 0.15) is 29.2 Å². The van der Waals surface area contributed by atoms with Gasteiger partial charge in [0.25, 0.3) is 17.2 Å². The van der Waals surface area contributed by atoms with Crippen molar-refractivity contribution in [3.05, 3.63) is 135 Å². The second-order valence-electron chi connectivity index (χ2n) is 9.38. The van der Waals surface area contributed by atoms with Crippen LogP contribution < -0.4 is 20.2 Å². The van der Waals surface area contributed by atoms with E-state index >= 15 is 0 Å². The summed E-state index contributed by atoms with van der Waals surface area (Å²) < 4.78 is 7.90. The molecule has 0 bridgehead atoms. The van der Waals surface area contributed by atoms with Crippen molar-refractivity contribution in [3.8, 4) is 11.3 Å². The number of furan rings is 1. The molecule has 0 fully saturated rings. The van der Waals surface area contributed by atoms with Gasteiger partial charge < -0.3 is 9.73 Å². The summed E-state index contributed by atoms with van der Waals surface area (Å²) in [5.74, 6) is 0.534. The summed E-state index contributed by atoms with van der Waals surface area (Å²) in [6.45, 7) is 3.45. The van der Waals surface area contributed by atoms with Gasteiger partial charge in [-0.2, -0.15) is 0 Å². The zero-order valence-electron chi connectivity index (χ0n) is 21.9. The van der Waals surface area contributed by atoms with Crippen molar-refractivity contribution < 1.29 is 14.1 Å². The van der Waals surface area contributed by atoms with E-state index in [0.29, 0.717) is 48.9 Å². The molecule has 2 aromatic carbocycles. The van der Waals surface area contributed by atoms with Gasteiger partial charge in [0.05, 0.1) is 20.7 Å². The van der Waals surface area contributed by atoms with E-state index in [0.717, 1.165) is 4.88 Å². The molecule has 11 heteroatoms. The highest BCUT2D eigenvalue weighted by atomic mass is 32.1. The summed E-state index contributed by atoms with van der Waals surface area (Å²) in [5.41, 5.74) is 2.40. The van der Waals surface area contributed by atoms with Crippen molar-refractivity contribution in [2.45, 2.75) is 19.9 Å². The van der Waals surface area contributed by atoms with Crippen LogP contribution in [0, 0.1) is 17.0 Å². The fraction of sp³-hybridized carbons (Fsp3) is 0.100. The predicted octanol–water partition coefficient (Wildman–Crippen LogP) is 5.41. The van der Waals surface area contributed by atoms with Gasteiger partial charge in [-0.15, -0.1) is 11.3 Å². The standard InChI is InChI=1S/C30H22N4O5S2/c1-17-10-11-19(15-22(17)34(37)38)23-13-12-21(39-23)16-25-29(36)33-27(24-9-6-14-40-24)26(18(2)31-30(33)41-25)28(35)32-20-7-4-3-5-8-20/h3-16,27H,1-2H3,(H,32,35)/b25-16-. The highest BCUT2D eigenvalue weighted by molar-refractivity contribution is 7.10. The Morgan fingerprint density at radius 3 is 2.63 bits per heavy atom. The Bertz CT molecular complexity index is 2020. The number of nitrogens with one attached hydrogen (secondary N) is 1. The summed E-state index contributed by atoms with van der Waals surface area (Å²) in [4.78, 5) is 44.2. The van der Waals surface area contributed by atoms with Crippen LogP contribution in [0.15, 0.2) is 104 Å². The number of benzene rings is 2. The summed E-state index contributed by atoms with van der Waals surface area (Å²) in [6, 6.07) is 20.6. The number of hydrogen-bond acceptors (Lipinski definition) is 8. The van der Waals surface area contributed by atoms with Gasteiger partial charge in [0, 0.05) is 33.8 Å². The number of aryl methyl sites for hydroxylation is 1. The normalized spacial score (nSPS) is 15.0. The smallest absolute Gasteiger partial charge is 0.273 e. The maximum atomic E-state index is 13.8. The molecule has 0 saturated carbocycles. The average molecular weight is 583 g/mol.